The molecule has 0 aliphatic carbocycles. The van der Waals surface area contributed by atoms with E-state index in [4.69, 9.17) is 5.11 Å². The van der Waals surface area contributed by atoms with Crippen molar-refractivity contribution in [2.45, 2.75) is 45.8 Å². The fourth-order valence-corrected chi connectivity index (χ4v) is 2.81. The highest BCUT2D eigenvalue weighted by Crippen LogP contribution is 2.34. The molecule has 0 aliphatic heterocycles. The minimum absolute atomic E-state index is 0.0912. The Morgan fingerprint density at radius 1 is 1.23 bits per heavy atom. The number of fused-ring (bicyclic) bond motifs is 1. The van der Waals surface area contributed by atoms with Crippen LogP contribution in [0.4, 0.5) is 0 Å². The number of carboxylic acid groups (broad SMARTS) is 1. The summed E-state index contributed by atoms with van der Waals surface area (Å²) in [6, 6.07) is 3.33. The predicted molar refractivity (Wildman–Crippen MR) is 85.3 cm³/mol. The van der Waals surface area contributed by atoms with Gasteiger partial charge in [-0.2, -0.15) is 0 Å². The predicted octanol–water partition coefficient (Wildman–Crippen LogP) is 2.90. The van der Waals surface area contributed by atoms with E-state index in [1.165, 1.54) is 0 Å². The number of aryl methyl sites for hydroxylation is 1. The van der Waals surface area contributed by atoms with Crippen molar-refractivity contribution in [2.75, 3.05) is 6.61 Å². The second-order valence-corrected chi connectivity index (χ2v) is 5.95. The van der Waals surface area contributed by atoms with Crippen molar-refractivity contribution in [1.29, 1.82) is 0 Å². The molecule has 5 nitrogen and oxygen atoms in total. The van der Waals surface area contributed by atoms with Gasteiger partial charge in [-0.05, 0) is 37.0 Å². The van der Waals surface area contributed by atoms with Crippen LogP contribution in [0.5, 0.6) is 0 Å². The lowest BCUT2D eigenvalue weighted by molar-refractivity contribution is 0.0697. The lowest BCUT2D eigenvalue weighted by atomic mass is 9.95. The standard InChI is InChI=1S/C17H23NO4/c1-10(2)13-7-12(17(21)22)8-14-15(11(3)20)9-18(16(13)14)5-4-6-19/h7-11,19-20H,4-6H2,1-3H3,(H,21,22). The number of aliphatic hydroxyl groups is 2. The maximum absolute atomic E-state index is 11.4. The number of aromatic nitrogens is 1. The molecule has 0 saturated carbocycles. The zero-order valence-corrected chi connectivity index (χ0v) is 13.2. The van der Waals surface area contributed by atoms with E-state index in [0.29, 0.717) is 13.0 Å². The summed E-state index contributed by atoms with van der Waals surface area (Å²) in [5, 5.41) is 29.2. The Bertz CT molecular complexity index is 686. The van der Waals surface area contributed by atoms with Crippen molar-refractivity contribution >= 4 is 16.9 Å². The molecule has 120 valence electrons. The van der Waals surface area contributed by atoms with Crippen molar-refractivity contribution in [2.24, 2.45) is 0 Å². The third kappa shape index (κ3) is 3.00. The Kier molecular flexibility index (Phi) is 4.88. The van der Waals surface area contributed by atoms with E-state index in [2.05, 4.69) is 0 Å². The van der Waals surface area contributed by atoms with Crippen molar-refractivity contribution in [3.63, 3.8) is 0 Å². The van der Waals surface area contributed by atoms with E-state index in [1.807, 2.05) is 24.6 Å². The van der Waals surface area contributed by atoms with Gasteiger partial charge in [-0.1, -0.05) is 13.8 Å². The highest BCUT2D eigenvalue weighted by Gasteiger charge is 2.19. The van der Waals surface area contributed by atoms with E-state index >= 15 is 0 Å². The minimum Gasteiger partial charge on any atom is -0.478 e. The molecule has 1 atom stereocenters. The van der Waals surface area contributed by atoms with Gasteiger partial charge in [-0.3, -0.25) is 0 Å². The summed E-state index contributed by atoms with van der Waals surface area (Å²) in [4.78, 5) is 11.4. The Morgan fingerprint density at radius 2 is 1.91 bits per heavy atom. The molecule has 0 fully saturated rings. The van der Waals surface area contributed by atoms with E-state index in [1.54, 1.807) is 19.1 Å². The van der Waals surface area contributed by atoms with Crippen LogP contribution in [0, 0.1) is 0 Å². The van der Waals surface area contributed by atoms with E-state index in [9.17, 15) is 15.0 Å². The monoisotopic (exact) mass is 305 g/mol. The quantitative estimate of drug-likeness (QED) is 0.766. The van der Waals surface area contributed by atoms with Gasteiger partial charge in [0.1, 0.15) is 0 Å². The van der Waals surface area contributed by atoms with Gasteiger partial charge in [0.05, 0.1) is 17.2 Å². The molecule has 0 radical (unpaired) electrons. The summed E-state index contributed by atoms with van der Waals surface area (Å²) >= 11 is 0. The average molecular weight is 305 g/mol. The fraction of sp³-hybridized carbons (Fsp3) is 0.471. The Hall–Kier alpha value is -1.85. The van der Waals surface area contributed by atoms with E-state index < -0.39 is 12.1 Å². The number of benzene rings is 1. The second-order valence-electron chi connectivity index (χ2n) is 5.95. The first kappa shape index (κ1) is 16.5. The van der Waals surface area contributed by atoms with Crippen LogP contribution < -0.4 is 0 Å². The number of carbonyl (C=O) groups is 1. The molecule has 3 N–H and O–H groups in total. The number of rotatable bonds is 6. The van der Waals surface area contributed by atoms with Gasteiger partial charge in [-0.25, -0.2) is 4.79 Å². The molecular weight excluding hydrogens is 282 g/mol. The van der Waals surface area contributed by atoms with E-state index in [-0.39, 0.29) is 18.1 Å². The molecular formula is C17H23NO4. The highest BCUT2D eigenvalue weighted by molar-refractivity contribution is 5.97. The van der Waals surface area contributed by atoms with Crippen LogP contribution in [0.15, 0.2) is 18.3 Å². The SMILES string of the molecule is CC(C)c1cc(C(=O)O)cc2c(C(C)O)cn(CCCO)c12. The van der Waals surface area contributed by atoms with Crippen LogP contribution in [-0.2, 0) is 6.54 Å². The molecule has 2 rings (SSSR count). The van der Waals surface area contributed by atoms with Crippen LogP contribution in [0.25, 0.3) is 10.9 Å². The number of carboxylic acids is 1. The topological polar surface area (TPSA) is 82.7 Å². The van der Waals surface area contributed by atoms with Crippen molar-refractivity contribution in [1.82, 2.24) is 4.57 Å². The summed E-state index contributed by atoms with van der Waals surface area (Å²) in [7, 11) is 0. The van der Waals surface area contributed by atoms with E-state index in [0.717, 1.165) is 22.0 Å². The Labute approximate surface area is 129 Å². The molecule has 0 amide bonds. The van der Waals surface area contributed by atoms with Crippen LogP contribution in [0.1, 0.15) is 60.7 Å². The number of aromatic carboxylic acids is 1. The van der Waals surface area contributed by atoms with Crippen LogP contribution in [0.2, 0.25) is 0 Å². The van der Waals surface area contributed by atoms with Crippen molar-refractivity contribution < 1.29 is 20.1 Å². The van der Waals surface area contributed by atoms with Crippen LogP contribution in [-0.4, -0.2) is 32.5 Å². The molecule has 0 aliphatic rings. The summed E-state index contributed by atoms with van der Waals surface area (Å²) < 4.78 is 2.01. The smallest absolute Gasteiger partial charge is 0.335 e. The van der Waals surface area contributed by atoms with Gasteiger partial charge in [-0.15, -0.1) is 0 Å². The third-order valence-corrected chi connectivity index (χ3v) is 3.91. The number of nitrogens with zero attached hydrogens (tertiary/aromatic N) is 1. The van der Waals surface area contributed by atoms with Gasteiger partial charge >= 0.3 is 5.97 Å². The molecule has 1 aromatic heterocycles. The summed E-state index contributed by atoms with van der Waals surface area (Å²) in [5.41, 5.74) is 2.85. The average Bonchev–Trinajstić information content (AvgIpc) is 2.82. The highest BCUT2D eigenvalue weighted by atomic mass is 16.4. The van der Waals surface area contributed by atoms with Gasteiger partial charge in [0.15, 0.2) is 0 Å². The summed E-state index contributed by atoms with van der Waals surface area (Å²) in [6.45, 7) is 6.44. The normalized spacial score (nSPS) is 13.0. The lowest BCUT2D eigenvalue weighted by Crippen LogP contribution is -2.04. The number of aliphatic hydroxyl groups excluding tert-OH is 2. The number of hydrogen-bond acceptors (Lipinski definition) is 3. The molecule has 0 saturated heterocycles. The first-order chi connectivity index (χ1) is 10.4. The van der Waals surface area contributed by atoms with Crippen LogP contribution in [0.3, 0.4) is 0 Å². The molecule has 1 unspecified atom stereocenters. The third-order valence-electron chi connectivity index (χ3n) is 3.91. The summed E-state index contributed by atoms with van der Waals surface area (Å²) in [6.07, 6.45) is 1.80. The molecule has 1 aromatic carbocycles. The number of hydrogen-bond donors (Lipinski definition) is 3. The zero-order valence-electron chi connectivity index (χ0n) is 13.2. The largest absolute Gasteiger partial charge is 0.478 e. The first-order valence-corrected chi connectivity index (χ1v) is 7.55. The second kappa shape index (κ2) is 6.50. The Balaban J connectivity index is 2.79. The Morgan fingerprint density at radius 3 is 2.41 bits per heavy atom. The minimum atomic E-state index is -0.969. The lowest BCUT2D eigenvalue weighted by Gasteiger charge is -2.13. The van der Waals surface area contributed by atoms with Gasteiger partial charge in [0, 0.05) is 30.3 Å². The maximum Gasteiger partial charge on any atom is 0.335 e. The van der Waals surface area contributed by atoms with Gasteiger partial charge in [0.25, 0.3) is 0 Å². The van der Waals surface area contributed by atoms with Gasteiger partial charge < -0.3 is 19.9 Å². The fourth-order valence-electron chi connectivity index (χ4n) is 2.81. The molecule has 0 bridgehead atoms. The van der Waals surface area contributed by atoms with Crippen molar-refractivity contribution in [3.8, 4) is 0 Å². The zero-order chi connectivity index (χ0) is 16.4. The summed E-state index contributed by atoms with van der Waals surface area (Å²) in [5.74, 6) is -0.810. The van der Waals surface area contributed by atoms with Gasteiger partial charge in [0.2, 0.25) is 0 Å². The molecule has 1 heterocycles. The van der Waals surface area contributed by atoms with Crippen LogP contribution >= 0.6 is 0 Å². The molecule has 2 aromatic rings. The maximum atomic E-state index is 11.4. The first-order valence-electron chi connectivity index (χ1n) is 7.55. The van der Waals surface area contributed by atoms with Crippen molar-refractivity contribution in [3.05, 3.63) is 35.0 Å². The molecule has 5 heteroatoms. The molecule has 22 heavy (non-hydrogen) atoms. The molecule has 0 spiro atoms.